The van der Waals surface area contributed by atoms with Crippen LogP contribution in [-0.2, 0) is 20.7 Å². The molecule has 78 valence electrons. The van der Waals surface area contributed by atoms with Gasteiger partial charge in [0.15, 0.2) is 0 Å². The number of rotatable bonds is 1. The molecule has 1 heterocycles. The van der Waals surface area contributed by atoms with Crippen molar-refractivity contribution in [1.82, 2.24) is 0 Å². The SMILES string of the molecule is COC(=O)C1Cc2ccccc2C(=O)O1. The number of carbonyl (C=O) groups excluding carboxylic acids is 2. The van der Waals surface area contributed by atoms with Crippen molar-refractivity contribution >= 4 is 11.9 Å². The van der Waals surface area contributed by atoms with Gasteiger partial charge in [-0.2, -0.15) is 0 Å². The van der Waals surface area contributed by atoms with Crippen molar-refractivity contribution in [3.05, 3.63) is 35.4 Å². The summed E-state index contributed by atoms with van der Waals surface area (Å²) < 4.78 is 9.49. The predicted octanol–water partition coefficient (Wildman–Crippen LogP) is 0.941. The first kappa shape index (κ1) is 9.71. The van der Waals surface area contributed by atoms with Gasteiger partial charge < -0.3 is 9.47 Å². The Hall–Kier alpha value is -1.84. The summed E-state index contributed by atoms with van der Waals surface area (Å²) in [5, 5.41) is 0. The van der Waals surface area contributed by atoms with E-state index < -0.39 is 18.0 Å². The monoisotopic (exact) mass is 206 g/mol. The average molecular weight is 206 g/mol. The lowest BCUT2D eigenvalue weighted by atomic mass is 9.99. The van der Waals surface area contributed by atoms with E-state index in [1.165, 1.54) is 7.11 Å². The van der Waals surface area contributed by atoms with Crippen LogP contribution in [0.4, 0.5) is 0 Å². The molecule has 0 saturated heterocycles. The molecule has 1 aromatic rings. The van der Waals surface area contributed by atoms with Crippen LogP contribution in [0.25, 0.3) is 0 Å². The van der Waals surface area contributed by atoms with Crippen molar-refractivity contribution in [3.8, 4) is 0 Å². The maximum Gasteiger partial charge on any atom is 0.347 e. The molecule has 0 radical (unpaired) electrons. The van der Waals surface area contributed by atoms with Crippen molar-refractivity contribution in [3.63, 3.8) is 0 Å². The molecule has 0 spiro atoms. The van der Waals surface area contributed by atoms with Crippen LogP contribution in [0, 0.1) is 0 Å². The molecule has 0 N–H and O–H groups in total. The highest BCUT2D eigenvalue weighted by molar-refractivity contribution is 5.94. The van der Waals surface area contributed by atoms with Crippen LogP contribution in [0.2, 0.25) is 0 Å². The zero-order chi connectivity index (χ0) is 10.8. The third kappa shape index (κ3) is 1.70. The third-order valence-electron chi connectivity index (χ3n) is 2.36. The molecule has 2 rings (SSSR count). The lowest BCUT2D eigenvalue weighted by Crippen LogP contribution is -2.34. The van der Waals surface area contributed by atoms with Crippen LogP contribution < -0.4 is 0 Å². The number of benzene rings is 1. The molecular weight excluding hydrogens is 196 g/mol. The summed E-state index contributed by atoms with van der Waals surface area (Å²) in [4.78, 5) is 22.7. The topological polar surface area (TPSA) is 52.6 Å². The van der Waals surface area contributed by atoms with Crippen molar-refractivity contribution in [1.29, 1.82) is 0 Å². The second kappa shape index (κ2) is 3.73. The Kier molecular flexibility index (Phi) is 2.41. The molecule has 0 aromatic heterocycles. The quantitative estimate of drug-likeness (QED) is 0.642. The summed E-state index contributed by atoms with van der Waals surface area (Å²) in [5.41, 5.74) is 1.35. The molecule has 0 fully saturated rings. The van der Waals surface area contributed by atoms with Crippen LogP contribution in [0.3, 0.4) is 0 Å². The summed E-state index contributed by atoms with van der Waals surface area (Å²) >= 11 is 0. The molecule has 1 atom stereocenters. The van der Waals surface area contributed by atoms with Gasteiger partial charge in [0, 0.05) is 6.42 Å². The fourth-order valence-corrected chi connectivity index (χ4v) is 1.59. The summed E-state index contributed by atoms with van der Waals surface area (Å²) in [6, 6.07) is 7.08. The minimum Gasteiger partial charge on any atom is -0.466 e. The highest BCUT2D eigenvalue weighted by Crippen LogP contribution is 2.20. The summed E-state index contributed by atoms with van der Waals surface area (Å²) in [6.07, 6.45) is -0.424. The Morgan fingerprint density at radius 2 is 2.20 bits per heavy atom. The van der Waals surface area contributed by atoms with Crippen LogP contribution in [0.5, 0.6) is 0 Å². The first-order valence-corrected chi connectivity index (χ1v) is 4.59. The second-order valence-electron chi connectivity index (χ2n) is 3.28. The maximum absolute atomic E-state index is 11.5. The largest absolute Gasteiger partial charge is 0.466 e. The summed E-state index contributed by atoms with van der Waals surface area (Å²) in [6.45, 7) is 0. The van der Waals surface area contributed by atoms with Crippen molar-refractivity contribution < 1.29 is 19.1 Å². The number of methoxy groups -OCH3 is 1. The predicted molar refractivity (Wildman–Crippen MR) is 51.4 cm³/mol. The zero-order valence-corrected chi connectivity index (χ0v) is 8.23. The summed E-state index contributed by atoms with van der Waals surface area (Å²) in [7, 11) is 1.27. The first-order chi connectivity index (χ1) is 7.22. The van der Waals surface area contributed by atoms with E-state index in [-0.39, 0.29) is 0 Å². The molecule has 0 amide bonds. The Bertz CT molecular complexity index is 411. The van der Waals surface area contributed by atoms with Gasteiger partial charge in [0.25, 0.3) is 0 Å². The van der Waals surface area contributed by atoms with E-state index >= 15 is 0 Å². The molecule has 1 aromatic carbocycles. The lowest BCUT2D eigenvalue weighted by molar-refractivity contribution is -0.151. The van der Waals surface area contributed by atoms with Gasteiger partial charge >= 0.3 is 11.9 Å². The van der Waals surface area contributed by atoms with Crippen molar-refractivity contribution in [2.45, 2.75) is 12.5 Å². The van der Waals surface area contributed by atoms with Crippen molar-refractivity contribution in [2.24, 2.45) is 0 Å². The normalized spacial score (nSPS) is 19.0. The van der Waals surface area contributed by atoms with E-state index in [2.05, 4.69) is 4.74 Å². The first-order valence-electron chi connectivity index (χ1n) is 4.59. The fraction of sp³-hybridized carbons (Fsp3) is 0.273. The van der Waals surface area contributed by atoms with E-state index in [1.807, 2.05) is 12.1 Å². The molecule has 0 saturated carbocycles. The van der Waals surface area contributed by atoms with E-state index in [9.17, 15) is 9.59 Å². The van der Waals surface area contributed by atoms with Gasteiger partial charge in [0.1, 0.15) is 0 Å². The van der Waals surface area contributed by atoms with Gasteiger partial charge in [-0.25, -0.2) is 9.59 Å². The van der Waals surface area contributed by atoms with E-state index in [4.69, 9.17) is 4.74 Å². The zero-order valence-electron chi connectivity index (χ0n) is 8.23. The van der Waals surface area contributed by atoms with Crippen LogP contribution >= 0.6 is 0 Å². The Labute approximate surface area is 86.8 Å². The van der Waals surface area contributed by atoms with E-state index in [0.717, 1.165) is 5.56 Å². The number of hydrogen-bond donors (Lipinski definition) is 0. The van der Waals surface area contributed by atoms with Crippen LogP contribution in [0.1, 0.15) is 15.9 Å². The number of cyclic esters (lactones) is 1. The lowest BCUT2D eigenvalue weighted by Gasteiger charge is -2.22. The average Bonchev–Trinajstić information content (AvgIpc) is 2.28. The smallest absolute Gasteiger partial charge is 0.347 e. The molecule has 1 aliphatic rings. The molecule has 0 aliphatic carbocycles. The molecule has 0 bridgehead atoms. The van der Waals surface area contributed by atoms with Gasteiger partial charge in [0.05, 0.1) is 12.7 Å². The Morgan fingerprint density at radius 3 is 2.93 bits per heavy atom. The van der Waals surface area contributed by atoms with Crippen LogP contribution in [-0.4, -0.2) is 25.2 Å². The highest BCUT2D eigenvalue weighted by Gasteiger charge is 2.31. The Balaban J connectivity index is 2.30. The van der Waals surface area contributed by atoms with Gasteiger partial charge in [-0.1, -0.05) is 18.2 Å². The second-order valence-corrected chi connectivity index (χ2v) is 3.28. The molecule has 15 heavy (non-hydrogen) atoms. The molecule has 4 nitrogen and oxygen atoms in total. The van der Waals surface area contributed by atoms with Crippen LogP contribution in [0.15, 0.2) is 24.3 Å². The minimum absolute atomic E-state index is 0.384. The number of hydrogen-bond acceptors (Lipinski definition) is 4. The number of fused-ring (bicyclic) bond motifs is 1. The standard InChI is InChI=1S/C11H10O4/c1-14-11(13)9-6-7-4-2-3-5-8(7)10(12)15-9/h2-5,9H,6H2,1H3. The summed E-state index contributed by atoms with van der Waals surface area (Å²) in [5.74, 6) is -0.981. The number of ether oxygens (including phenoxy) is 2. The van der Waals surface area contributed by atoms with E-state index in [0.29, 0.717) is 12.0 Å². The van der Waals surface area contributed by atoms with Gasteiger partial charge in [0.2, 0.25) is 6.10 Å². The molecule has 1 aliphatic heterocycles. The maximum atomic E-state index is 11.5. The van der Waals surface area contributed by atoms with Gasteiger partial charge in [-0.15, -0.1) is 0 Å². The van der Waals surface area contributed by atoms with E-state index in [1.54, 1.807) is 12.1 Å². The van der Waals surface area contributed by atoms with Crippen molar-refractivity contribution in [2.75, 3.05) is 7.11 Å². The molecular formula is C11H10O4. The Morgan fingerprint density at radius 1 is 1.47 bits per heavy atom. The number of carbonyl (C=O) groups is 2. The molecule has 4 heteroatoms. The minimum atomic E-state index is -0.808. The van der Waals surface area contributed by atoms with Gasteiger partial charge in [-0.05, 0) is 11.6 Å². The molecule has 1 unspecified atom stereocenters. The third-order valence-corrected chi connectivity index (χ3v) is 2.36. The highest BCUT2D eigenvalue weighted by atomic mass is 16.6. The fourth-order valence-electron chi connectivity index (χ4n) is 1.59. The van der Waals surface area contributed by atoms with Gasteiger partial charge in [-0.3, -0.25) is 0 Å². The number of esters is 2.